The van der Waals surface area contributed by atoms with Gasteiger partial charge in [0.1, 0.15) is 5.82 Å². The van der Waals surface area contributed by atoms with Gasteiger partial charge in [-0.05, 0) is 12.1 Å². The quantitative estimate of drug-likeness (QED) is 0.827. The largest absolute Gasteiger partial charge is 0.416 e. The number of aromatic nitrogens is 1. The number of nitrogens with zero attached hydrogens (tertiary/aromatic N) is 3. The summed E-state index contributed by atoms with van der Waals surface area (Å²) in [7, 11) is 0. The first-order valence-corrected chi connectivity index (χ1v) is 7.10. The molecule has 3 rings (SSSR count). The number of hydrogen-bond donors (Lipinski definition) is 0. The van der Waals surface area contributed by atoms with Crippen LogP contribution in [0.3, 0.4) is 0 Å². The van der Waals surface area contributed by atoms with Gasteiger partial charge in [-0.15, -0.1) is 0 Å². The molecular weight excluding hydrogens is 299 g/mol. The average Bonchev–Trinajstić information content (AvgIpc) is 2.46. The fraction of sp³-hybridized carbons (Fsp3) is 0.571. The van der Waals surface area contributed by atoms with Crippen LogP contribution in [0.15, 0.2) is 18.3 Å². The Kier molecular flexibility index (Phi) is 3.94. The molecule has 2 aliphatic heterocycles. The van der Waals surface area contributed by atoms with Crippen molar-refractivity contribution in [3.8, 4) is 0 Å². The Morgan fingerprint density at radius 1 is 1.27 bits per heavy atom. The number of alkyl halides is 3. The smallest absolute Gasteiger partial charge is 0.378 e. The SMILES string of the molecule is O=C(C1CN(c2cc(C(F)(F)F)ccn2)C1)N1CCOCC1. The summed E-state index contributed by atoms with van der Waals surface area (Å²) < 4.78 is 43.2. The molecule has 1 aromatic heterocycles. The van der Waals surface area contributed by atoms with Crippen molar-refractivity contribution in [2.24, 2.45) is 5.92 Å². The van der Waals surface area contributed by atoms with Crippen LogP contribution in [0.2, 0.25) is 0 Å². The van der Waals surface area contributed by atoms with E-state index in [1.807, 2.05) is 0 Å². The molecule has 0 N–H and O–H groups in total. The van der Waals surface area contributed by atoms with Crippen molar-refractivity contribution in [1.29, 1.82) is 0 Å². The predicted molar refractivity (Wildman–Crippen MR) is 72.3 cm³/mol. The fourth-order valence-electron chi connectivity index (χ4n) is 2.63. The van der Waals surface area contributed by atoms with Crippen LogP contribution in [0.5, 0.6) is 0 Å². The molecule has 0 unspecified atom stereocenters. The lowest BCUT2D eigenvalue weighted by Crippen LogP contribution is -2.56. The van der Waals surface area contributed by atoms with E-state index in [1.165, 1.54) is 0 Å². The number of hydrogen-bond acceptors (Lipinski definition) is 4. The highest BCUT2D eigenvalue weighted by atomic mass is 19.4. The number of amides is 1. The molecule has 2 fully saturated rings. The van der Waals surface area contributed by atoms with Gasteiger partial charge in [0.25, 0.3) is 0 Å². The third-order valence-corrected chi connectivity index (χ3v) is 3.95. The second-order valence-electron chi connectivity index (χ2n) is 5.44. The molecule has 0 aromatic carbocycles. The summed E-state index contributed by atoms with van der Waals surface area (Å²) >= 11 is 0. The summed E-state index contributed by atoms with van der Waals surface area (Å²) in [6, 6.07) is 1.97. The summed E-state index contributed by atoms with van der Waals surface area (Å²) in [6.07, 6.45) is -3.24. The van der Waals surface area contributed by atoms with Gasteiger partial charge in [-0.1, -0.05) is 0 Å². The zero-order valence-corrected chi connectivity index (χ0v) is 11.8. The second kappa shape index (κ2) is 5.75. The molecule has 5 nitrogen and oxygen atoms in total. The third kappa shape index (κ3) is 3.01. The normalized spacial score (nSPS) is 20.0. The number of carbonyl (C=O) groups excluding carboxylic acids is 1. The van der Waals surface area contributed by atoms with Crippen LogP contribution < -0.4 is 4.90 Å². The monoisotopic (exact) mass is 315 g/mol. The zero-order valence-electron chi connectivity index (χ0n) is 11.8. The maximum atomic E-state index is 12.7. The predicted octanol–water partition coefficient (Wildman–Crippen LogP) is 1.40. The molecular formula is C14H16F3N3O2. The topological polar surface area (TPSA) is 45.7 Å². The van der Waals surface area contributed by atoms with E-state index in [0.717, 1.165) is 18.3 Å². The van der Waals surface area contributed by atoms with Crippen molar-refractivity contribution in [2.45, 2.75) is 6.18 Å². The first kappa shape index (κ1) is 15.1. The Hall–Kier alpha value is -1.83. The highest BCUT2D eigenvalue weighted by Gasteiger charge is 2.37. The van der Waals surface area contributed by atoms with Gasteiger partial charge in [-0.2, -0.15) is 13.2 Å². The van der Waals surface area contributed by atoms with E-state index in [9.17, 15) is 18.0 Å². The van der Waals surface area contributed by atoms with Crippen LogP contribution in [0.25, 0.3) is 0 Å². The van der Waals surface area contributed by atoms with Crippen molar-refractivity contribution < 1.29 is 22.7 Å². The molecule has 0 radical (unpaired) electrons. The van der Waals surface area contributed by atoms with Gasteiger partial charge in [-0.25, -0.2) is 4.98 Å². The summed E-state index contributed by atoms with van der Waals surface area (Å²) in [4.78, 5) is 19.6. The molecule has 0 spiro atoms. The van der Waals surface area contributed by atoms with Crippen LogP contribution in [0.1, 0.15) is 5.56 Å². The summed E-state index contributed by atoms with van der Waals surface area (Å²) in [5.74, 6) is 0.141. The van der Waals surface area contributed by atoms with Gasteiger partial charge in [0.05, 0.1) is 24.7 Å². The van der Waals surface area contributed by atoms with E-state index in [2.05, 4.69) is 4.98 Å². The van der Waals surface area contributed by atoms with Crippen LogP contribution in [-0.2, 0) is 15.7 Å². The number of ether oxygens (including phenoxy) is 1. The molecule has 120 valence electrons. The summed E-state index contributed by atoms with van der Waals surface area (Å²) in [6.45, 7) is 3.05. The van der Waals surface area contributed by atoms with E-state index < -0.39 is 11.7 Å². The molecule has 1 aromatic rings. The van der Waals surface area contributed by atoms with E-state index in [-0.39, 0.29) is 17.6 Å². The number of pyridine rings is 1. The molecule has 2 aliphatic rings. The Morgan fingerprint density at radius 3 is 2.59 bits per heavy atom. The van der Waals surface area contributed by atoms with Crippen molar-refractivity contribution in [1.82, 2.24) is 9.88 Å². The summed E-state index contributed by atoms with van der Waals surface area (Å²) in [5.41, 5.74) is -0.722. The van der Waals surface area contributed by atoms with E-state index in [4.69, 9.17) is 4.74 Å². The van der Waals surface area contributed by atoms with Gasteiger partial charge < -0.3 is 14.5 Å². The first-order chi connectivity index (χ1) is 10.4. The lowest BCUT2D eigenvalue weighted by molar-refractivity contribution is -0.140. The Balaban J connectivity index is 1.60. The van der Waals surface area contributed by atoms with Crippen LogP contribution >= 0.6 is 0 Å². The molecule has 0 atom stereocenters. The van der Waals surface area contributed by atoms with E-state index in [1.54, 1.807) is 9.80 Å². The van der Waals surface area contributed by atoms with Crippen molar-refractivity contribution in [3.63, 3.8) is 0 Å². The second-order valence-corrected chi connectivity index (χ2v) is 5.44. The Labute approximate surface area is 125 Å². The van der Waals surface area contributed by atoms with Crippen LogP contribution in [0.4, 0.5) is 19.0 Å². The highest BCUT2D eigenvalue weighted by Crippen LogP contribution is 2.32. The summed E-state index contributed by atoms with van der Waals surface area (Å²) in [5, 5.41) is 0. The maximum Gasteiger partial charge on any atom is 0.416 e. The van der Waals surface area contributed by atoms with Crippen LogP contribution in [-0.4, -0.2) is 55.2 Å². The third-order valence-electron chi connectivity index (χ3n) is 3.95. The number of anilines is 1. The van der Waals surface area contributed by atoms with Crippen LogP contribution in [0, 0.1) is 5.92 Å². The molecule has 0 saturated carbocycles. The highest BCUT2D eigenvalue weighted by molar-refractivity contribution is 5.82. The number of carbonyl (C=O) groups is 1. The minimum atomic E-state index is -4.38. The van der Waals surface area contributed by atoms with Crippen molar-refractivity contribution in [2.75, 3.05) is 44.3 Å². The fourth-order valence-corrected chi connectivity index (χ4v) is 2.63. The molecule has 0 aliphatic carbocycles. The molecule has 22 heavy (non-hydrogen) atoms. The molecule has 8 heteroatoms. The van der Waals surface area contributed by atoms with Crippen molar-refractivity contribution in [3.05, 3.63) is 23.9 Å². The average molecular weight is 315 g/mol. The Bertz CT molecular complexity index is 553. The number of rotatable bonds is 2. The molecule has 0 bridgehead atoms. The lowest BCUT2D eigenvalue weighted by Gasteiger charge is -2.42. The molecule has 3 heterocycles. The standard InChI is InChI=1S/C14H16F3N3O2/c15-14(16,17)11-1-2-18-12(7-11)20-8-10(9-20)13(21)19-3-5-22-6-4-19/h1-2,7,10H,3-6,8-9H2. The lowest BCUT2D eigenvalue weighted by atomic mass is 9.98. The van der Waals surface area contributed by atoms with Gasteiger partial charge in [0.2, 0.25) is 5.91 Å². The van der Waals surface area contributed by atoms with Gasteiger partial charge in [0, 0.05) is 32.4 Å². The van der Waals surface area contributed by atoms with Gasteiger partial charge in [-0.3, -0.25) is 4.79 Å². The maximum absolute atomic E-state index is 12.7. The number of halogens is 3. The van der Waals surface area contributed by atoms with E-state index in [0.29, 0.717) is 39.4 Å². The minimum absolute atomic E-state index is 0.0477. The number of morpholine rings is 1. The Morgan fingerprint density at radius 2 is 1.95 bits per heavy atom. The molecule has 2 saturated heterocycles. The van der Waals surface area contributed by atoms with Crippen molar-refractivity contribution >= 4 is 11.7 Å². The zero-order chi connectivity index (χ0) is 15.7. The van der Waals surface area contributed by atoms with Gasteiger partial charge in [0.15, 0.2) is 0 Å². The van der Waals surface area contributed by atoms with Gasteiger partial charge >= 0.3 is 6.18 Å². The molecule has 1 amide bonds. The minimum Gasteiger partial charge on any atom is -0.378 e. The van der Waals surface area contributed by atoms with E-state index >= 15 is 0 Å². The first-order valence-electron chi connectivity index (χ1n) is 7.10.